The molecule has 2 aromatic carbocycles. The standard InChI is InChI=1S/C18H21N3O5/c1-25-16-8-4-5-9-17(16)26-13-10-18(22)20-12-11-19-14-6-2-3-7-15(14)21(23)24/h2-9,19H,10-13H2,1H3,(H,20,22). The number of para-hydroxylation sites is 4. The van der Waals surface area contributed by atoms with Crippen LogP contribution in [0, 0.1) is 10.1 Å². The van der Waals surface area contributed by atoms with Gasteiger partial charge < -0.3 is 20.1 Å². The molecule has 8 heteroatoms. The summed E-state index contributed by atoms with van der Waals surface area (Å²) in [5.41, 5.74) is 0.426. The summed E-state index contributed by atoms with van der Waals surface area (Å²) >= 11 is 0. The highest BCUT2D eigenvalue weighted by Gasteiger charge is 2.11. The summed E-state index contributed by atoms with van der Waals surface area (Å²) in [4.78, 5) is 22.3. The smallest absolute Gasteiger partial charge is 0.292 e. The number of benzene rings is 2. The average molecular weight is 359 g/mol. The van der Waals surface area contributed by atoms with Crippen molar-refractivity contribution in [2.45, 2.75) is 6.42 Å². The molecule has 0 bridgehead atoms. The zero-order valence-corrected chi connectivity index (χ0v) is 14.4. The second-order valence-electron chi connectivity index (χ2n) is 5.30. The number of hydrogen-bond acceptors (Lipinski definition) is 6. The number of nitro benzene ring substituents is 1. The fourth-order valence-electron chi connectivity index (χ4n) is 2.26. The summed E-state index contributed by atoms with van der Waals surface area (Å²) < 4.78 is 10.7. The van der Waals surface area contributed by atoms with Crippen molar-refractivity contribution in [3.8, 4) is 11.5 Å². The van der Waals surface area contributed by atoms with Gasteiger partial charge in [0.05, 0.1) is 25.1 Å². The van der Waals surface area contributed by atoms with Gasteiger partial charge in [0, 0.05) is 19.2 Å². The summed E-state index contributed by atoms with van der Waals surface area (Å²) in [5, 5.41) is 16.6. The van der Waals surface area contributed by atoms with Gasteiger partial charge in [-0.25, -0.2) is 0 Å². The fraction of sp³-hybridized carbons (Fsp3) is 0.278. The van der Waals surface area contributed by atoms with Gasteiger partial charge in [-0.05, 0) is 18.2 Å². The maximum Gasteiger partial charge on any atom is 0.292 e. The predicted molar refractivity (Wildman–Crippen MR) is 97.7 cm³/mol. The Labute approximate surface area is 151 Å². The molecule has 2 rings (SSSR count). The quantitative estimate of drug-likeness (QED) is 0.384. The molecule has 8 nitrogen and oxygen atoms in total. The van der Waals surface area contributed by atoms with Gasteiger partial charge in [-0.2, -0.15) is 0 Å². The zero-order chi connectivity index (χ0) is 18.8. The lowest BCUT2D eigenvalue weighted by atomic mass is 10.2. The number of carbonyl (C=O) groups excluding carboxylic acids is 1. The lowest BCUT2D eigenvalue weighted by molar-refractivity contribution is -0.384. The molecule has 2 N–H and O–H groups in total. The van der Waals surface area contributed by atoms with Gasteiger partial charge >= 0.3 is 0 Å². The van der Waals surface area contributed by atoms with Gasteiger partial charge in [0.1, 0.15) is 5.69 Å². The Morgan fingerprint density at radius 3 is 2.50 bits per heavy atom. The second kappa shape index (κ2) is 9.87. The zero-order valence-electron chi connectivity index (χ0n) is 14.4. The first-order valence-electron chi connectivity index (χ1n) is 8.11. The molecule has 0 saturated heterocycles. The van der Waals surface area contributed by atoms with Crippen molar-refractivity contribution < 1.29 is 19.2 Å². The predicted octanol–water partition coefficient (Wildman–Crippen LogP) is 2.60. The highest BCUT2D eigenvalue weighted by atomic mass is 16.6. The van der Waals surface area contributed by atoms with Gasteiger partial charge in [0.2, 0.25) is 5.91 Å². The van der Waals surface area contributed by atoms with Crippen LogP contribution in [0.2, 0.25) is 0 Å². The number of methoxy groups -OCH3 is 1. The molecule has 26 heavy (non-hydrogen) atoms. The van der Waals surface area contributed by atoms with Crippen LogP contribution in [0.5, 0.6) is 11.5 Å². The maximum absolute atomic E-state index is 11.8. The van der Waals surface area contributed by atoms with Crippen molar-refractivity contribution >= 4 is 17.3 Å². The SMILES string of the molecule is COc1ccccc1OCCC(=O)NCCNc1ccccc1[N+](=O)[O-]. The van der Waals surface area contributed by atoms with Gasteiger partial charge in [-0.15, -0.1) is 0 Å². The number of nitrogens with one attached hydrogen (secondary N) is 2. The molecule has 1 amide bonds. The molecule has 0 aliphatic heterocycles. The van der Waals surface area contributed by atoms with E-state index in [1.165, 1.54) is 6.07 Å². The largest absolute Gasteiger partial charge is 0.493 e. The molecule has 0 heterocycles. The molecular weight excluding hydrogens is 338 g/mol. The Kier molecular flexibility index (Phi) is 7.23. The van der Waals surface area contributed by atoms with E-state index in [1.54, 1.807) is 37.4 Å². The van der Waals surface area contributed by atoms with Gasteiger partial charge in [-0.3, -0.25) is 14.9 Å². The molecule has 0 saturated carbocycles. The first-order chi connectivity index (χ1) is 12.6. The van der Waals surface area contributed by atoms with Crippen LogP contribution in [0.25, 0.3) is 0 Å². The van der Waals surface area contributed by atoms with E-state index < -0.39 is 4.92 Å². The van der Waals surface area contributed by atoms with Crippen molar-refractivity contribution in [3.63, 3.8) is 0 Å². The van der Waals surface area contributed by atoms with Crippen LogP contribution in [-0.2, 0) is 4.79 Å². The monoisotopic (exact) mass is 359 g/mol. The minimum Gasteiger partial charge on any atom is -0.493 e. The number of nitrogens with zero attached hydrogens (tertiary/aromatic N) is 1. The number of rotatable bonds is 10. The van der Waals surface area contributed by atoms with Crippen molar-refractivity contribution in [3.05, 3.63) is 58.6 Å². The second-order valence-corrected chi connectivity index (χ2v) is 5.30. The molecule has 0 aromatic heterocycles. The van der Waals surface area contributed by atoms with E-state index in [0.29, 0.717) is 30.3 Å². The van der Waals surface area contributed by atoms with Crippen LogP contribution in [0.4, 0.5) is 11.4 Å². The van der Waals surface area contributed by atoms with Crippen LogP contribution in [0.15, 0.2) is 48.5 Å². The number of carbonyl (C=O) groups is 1. The van der Waals surface area contributed by atoms with Crippen LogP contribution in [0.3, 0.4) is 0 Å². The number of anilines is 1. The maximum atomic E-state index is 11.8. The highest BCUT2D eigenvalue weighted by Crippen LogP contribution is 2.25. The summed E-state index contributed by atoms with van der Waals surface area (Å²) in [6.07, 6.45) is 0.198. The van der Waals surface area contributed by atoms with E-state index in [-0.39, 0.29) is 24.6 Å². The normalized spacial score (nSPS) is 10.0. The van der Waals surface area contributed by atoms with E-state index in [2.05, 4.69) is 10.6 Å². The third kappa shape index (κ3) is 5.66. The molecule has 0 radical (unpaired) electrons. The lowest BCUT2D eigenvalue weighted by Gasteiger charge is -2.11. The number of hydrogen-bond donors (Lipinski definition) is 2. The molecule has 0 aliphatic rings. The lowest BCUT2D eigenvalue weighted by Crippen LogP contribution is -2.29. The average Bonchev–Trinajstić information content (AvgIpc) is 2.66. The van der Waals surface area contributed by atoms with E-state index in [9.17, 15) is 14.9 Å². The van der Waals surface area contributed by atoms with Crippen LogP contribution >= 0.6 is 0 Å². The minimum atomic E-state index is -0.448. The first kappa shape index (κ1) is 19.0. The molecule has 0 fully saturated rings. The summed E-state index contributed by atoms with van der Waals surface area (Å²) in [5.74, 6) is 1.03. The molecule has 0 aliphatic carbocycles. The summed E-state index contributed by atoms with van der Waals surface area (Å²) in [7, 11) is 1.55. The van der Waals surface area contributed by atoms with E-state index in [1.807, 2.05) is 12.1 Å². The number of nitro groups is 1. The molecular formula is C18H21N3O5. The van der Waals surface area contributed by atoms with Crippen molar-refractivity contribution in [1.29, 1.82) is 0 Å². The van der Waals surface area contributed by atoms with E-state index >= 15 is 0 Å². The minimum absolute atomic E-state index is 0.00374. The van der Waals surface area contributed by atoms with Crippen LogP contribution in [-0.4, -0.2) is 37.6 Å². The Morgan fingerprint density at radius 2 is 1.77 bits per heavy atom. The Balaban J connectivity index is 1.67. The molecule has 138 valence electrons. The molecule has 0 atom stereocenters. The fourth-order valence-corrected chi connectivity index (χ4v) is 2.26. The van der Waals surface area contributed by atoms with Crippen molar-refractivity contribution in [2.75, 3.05) is 32.1 Å². The highest BCUT2D eigenvalue weighted by molar-refractivity contribution is 5.76. The summed E-state index contributed by atoms with van der Waals surface area (Å²) in [6, 6.07) is 13.6. The molecule has 0 spiro atoms. The first-order valence-corrected chi connectivity index (χ1v) is 8.11. The van der Waals surface area contributed by atoms with Crippen molar-refractivity contribution in [2.24, 2.45) is 0 Å². The van der Waals surface area contributed by atoms with Crippen molar-refractivity contribution in [1.82, 2.24) is 5.32 Å². The Morgan fingerprint density at radius 1 is 1.08 bits per heavy atom. The van der Waals surface area contributed by atoms with E-state index in [0.717, 1.165) is 0 Å². The third-order valence-electron chi connectivity index (χ3n) is 3.52. The third-order valence-corrected chi connectivity index (χ3v) is 3.52. The topological polar surface area (TPSA) is 103 Å². The van der Waals surface area contributed by atoms with Gasteiger partial charge in [0.15, 0.2) is 11.5 Å². The number of amides is 1. The van der Waals surface area contributed by atoms with Gasteiger partial charge in [0.25, 0.3) is 5.69 Å². The van der Waals surface area contributed by atoms with Gasteiger partial charge in [-0.1, -0.05) is 24.3 Å². The number of ether oxygens (including phenoxy) is 2. The summed E-state index contributed by atoms with van der Waals surface area (Å²) in [6.45, 7) is 0.952. The molecule has 2 aromatic rings. The van der Waals surface area contributed by atoms with E-state index in [4.69, 9.17) is 9.47 Å². The Hall–Kier alpha value is -3.29. The van der Waals surface area contributed by atoms with Crippen LogP contribution < -0.4 is 20.1 Å². The molecule has 0 unspecified atom stereocenters. The van der Waals surface area contributed by atoms with Crippen LogP contribution in [0.1, 0.15) is 6.42 Å². The Bertz CT molecular complexity index is 751.